The monoisotopic (exact) mass is 364 g/mol. The van der Waals surface area contributed by atoms with Gasteiger partial charge < -0.3 is 4.90 Å². The molecule has 0 unspecified atom stereocenters. The molecule has 2 amide bonds. The van der Waals surface area contributed by atoms with Crippen molar-refractivity contribution in [3.05, 3.63) is 59.2 Å². The molecule has 0 aliphatic carbocycles. The molecule has 0 bridgehead atoms. The number of nitrogens with one attached hydrogen (secondary N) is 1. The van der Waals surface area contributed by atoms with Crippen LogP contribution in [0.2, 0.25) is 0 Å². The number of anilines is 1. The van der Waals surface area contributed by atoms with Crippen LogP contribution in [0.3, 0.4) is 0 Å². The highest BCUT2D eigenvalue weighted by molar-refractivity contribution is 6.21. The van der Waals surface area contributed by atoms with Crippen LogP contribution in [-0.2, 0) is 0 Å². The summed E-state index contributed by atoms with van der Waals surface area (Å²) in [6.45, 7) is 6.20. The Morgan fingerprint density at radius 2 is 1.70 bits per heavy atom. The third-order valence-electron chi connectivity index (χ3n) is 4.99. The van der Waals surface area contributed by atoms with Crippen LogP contribution < -0.4 is 4.90 Å². The van der Waals surface area contributed by atoms with Crippen LogP contribution >= 0.6 is 0 Å². The van der Waals surface area contributed by atoms with Gasteiger partial charge in [0.2, 0.25) is 0 Å². The van der Waals surface area contributed by atoms with E-state index in [1.807, 2.05) is 25.1 Å². The third kappa shape index (κ3) is 3.74. The molecule has 1 N–H and O–H groups in total. The number of carbonyl (C=O) groups excluding carboxylic acids is 2. The molecule has 0 saturated heterocycles. The van der Waals surface area contributed by atoms with Gasteiger partial charge in [0.15, 0.2) is 0 Å². The Hall–Kier alpha value is -3.02. The van der Waals surface area contributed by atoms with Gasteiger partial charge in [-0.25, -0.2) is 5.53 Å². The lowest BCUT2D eigenvalue weighted by molar-refractivity contribution is 0.0652. The quantitative estimate of drug-likeness (QED) is 0.424. The first-order valence-electron chi connectivity index (χ1n) is 9.25. The molecule has 1 aliphatic rings. The third-order valence-corrected chi connectivity index (χ3v) is 4.99. The van der Waals surface area contributed by atoms with Gasteiger partial charge in [-0.05, 0) is 62.6 Å². The predicted molar refractivity (Wildman–Crippen MR) is 105 cm³/mol. The molecule has 1 heterocycles. The fourth-order valence-electron chi connectivity index (χ4n) is 3.45. The summed E-state index contributed by atoms with van der Waals surface area (Å²) in [5, 5.41) is 3.51. The van der Waals surface area contributed by atoms with E-state index in [-0.39, 0.29) is 11.8 Å². The fraction of sp³-hybridized carbons (Fsp3) is 0.333. The summed E-state index contributed by atoms with van der Waals surface area (Å²) in [4.78, 5) is 28.4. The van der Waals surface area contributed by atoms with Crippen molar-refractivity contribution in [2.24, 2.45) is 5.11 Å². The van der Waals surface area contributed by atoms with Crippen molar-refractivity contribution in [1.29, 1.82) is 5.53 Å². The fourth-order valence-corrected chi connectivity index (χ4v) is 3.45. The minimum Gasteiger partial charge on any atom is -0.372 e. The average Bonchev–Trinajstić information content (AvgIpc) is 2.93. The zero-order valence-electron chi connectivity index (χ0n) is 15.7. The van der Waals surface area contributed by atoms with Crippen LogP contribution in [0.25, 0.3) is 0 Å². The molecule has 0 atom stereocenters. The Bertz CT molecular complexity index is 843. The second-order valence-corrected chi connectivity index (χ2v) is 6.68. The van der Waals surface area contributed by atoms with Crippen LogP contribution in [0.15, 0.2) is 47.6 Å². The summed E-state index contributed by atoms with van der Waals surface area (Å²) in [6.07, 6.45) is 1.64. The average molecular weight is 364 g/mol. The van der Waals surface area contributed by atoms with E-state index in [2.05, 4.69) is 16.9 Å². The number of unbranched alkanes of at least 4 members (excludes halogenated alkanes) is 1. The number of benzene rings is 2. The number of rotatable bonds is 8. The first-order valence-corrected chi connectivity index (χ1v) is 9.25. The van der Waals surface area contributed by atoms with E-state index in [0.717, 1.165) is 37.2 Å². The summed E-state index contributed by atoms with van der Waals surface area (Å²) in [5.74, 6) is -0.374. The second kappa shape index (κ2) is 8.12. The molecule has 140 valence electrons. The van der Waals surface area contributed by atoms with Crippen molar-refractivity contribution in [1.82, 2.24) is 4.90 Å². The molecule has 0 aromatic heterocycles. The molecule has 1 aliphatic heterocycles. The zero-order valence-corrected chi connectivity index (χ0v) is 15.7. The van der Waals surface area contributed by atoms with Crippen molar-refractivity contribution < 1.29 is 9.59 Å². The molecule has 0 fully saturated rings. The van der Waals surface area contributed by atoms with Crippen molar-refractivity contribution in [3.8, 4) is 0 Å². The highest BCUT2D eigenvalue weighted by Gasteiger charge is 2.34. The summed E-state index contributed by atoms with van der Waals surface area (Å²) < 4.78 is 0. The van der Waals surface area contributed by atoms with Crippen LogP contribution in [-0.4, -0.2) is 36.3 Å². The lowest BCUT2D eigenvalue weighted by atomic mass is 10.1. The number of fused-ring (bicyclic) bond motifs is 1. The number of aryl methyl sites for hydroxylation is 1. The molecular formula is C21H24N4O2. The summed E-state index contributed by atoms with van der Waals surface area (Å²) in [5.41, 5.74) is 10.9. The normalized spacial score (nSPS) is 13.0. The summed E-state index contributed by atoms with van der Waals surface area (Å²) in [6, 6.07) is 12.9. The highest BCUT2D eigenvalue weighted by atomic mass is 16.2. The van der Waals surface area contributed by atoms with Gasteiger partial charge in [-0.15, -0.1) is 0 Å². The summed E-state index contributed by atoms with van der Waals surface area (Å²) >= 11 is 0. The lowest BCUT2D eigenvalue weighted by Crippen LogP contribution is -2.31. The number of nitrogens with zero attached hydrogens (tertiary/aromatic N) is 3. The van der Waals surface area contributed by atoms with E-state index in [9.17, 15) is 9.59 Å². The summed E-state index contributed by atoms with van der Waals surface area (Å²) in [7, 11) is 0. The number of amides is 2. The maximum atomic E-state index is 12.4. The lowest BCUT2D eigenvalue weighted by Gasteiger charge is -2.24. The first-order chi connectivity index (χ1) is 13.1. The zero-order chi connectivity index (χ0) is 19.4. The van der Waals surface area contributed by atoms with Crippen LogP contribution in [0.5, 0.6) is 0 Å². The Kier molecular flexibility index (Phi) is 5.64. The maximum absolute atomic E-state index is 12.4. The Morgan fingerprint density at radius 3 is 2.26 bits per heavy atom. The van der Waals surface area contributed by atoms with Crippen molar-refractivity contribution >= 4 is 23.2 Å². The molecule has 2 aromatic rings. The first kappa shape index (κ1) is 18.8. The Balaban J connectivity index is 1.55. The molecular weight excluding hydrogens is 340 g/mol. The highest BCUT2D eigenvalue weighted by Crippen LogP contribution is 2.25. The largest absolute Gasteiger partial charge is 0.372 e. The minimum atomic E-state index is -0.187. The van der Waals surface area contributed by atoms with Crippen LogP contribution in [0.1, 0.15) is 46.0 Å². The smallest absolute Gasteiger partial charge is 0.261 e. The molecule has 6 heteroatoms. The van der Waals surface area contributed by atoms with E-state index in [0.29, 0.717) is 23.4 Å². The number of imide groups is 1. The van der Waals surface area contributed by atoms with Gasteiger partial charge in [0.1, 0.15) is 0 Å². The van der Waals surface area contributed by atoms with Gasteiger partial charge in [0.05, 0.1) is 16.8 Å². The number of hydrogen-bond donors (Lipinski definition) is 1. The van der Waals surface area contributed by atoms with E-state index in [1.54, 1.807) is 24.3 Å². The standard InChI is InChI=1S/C21H24N4O2/c1-3-24(16-10-11-19(23-22)15(2)14-16)12-6-7-13-25-20(26)17-8-4-5-9-18(17)21(25)27/h4-5,8-11,14,22H,3,6-7,12-13H2,1-2H3. The predicted octanol–water partition coefficient (Wildman–Crippen LogP) is 4.56. The Morgan fingerprint density at radius 1 is 1.04 bits per heavy atom. The molecule has 0 saturated carbocycles. The van der Waals surface area contributed by atoms with Gasteiger partial charge in [-0.1, -0.05) is 12.1 Å². The van der Waals surface area contributed by atoms with E-state index in [4.69, 9.17) is 5.53 Å². The van der Waals surface area contributed by atoms with Crippen molar-refractivity contribution in [3.63, 3.8) is 0 Å². The van der Waals surface area contributed by atoms with Crippen molar-refractivity contribution in [2.75, 3.05) is 24.5 Å². The van der Waals surface area contributed by atoms with Gasteiger partial charge in [0.25, 0.3) is 11.8 Å². The number of carbonyl (C=O) groups is 2. The molecule has 2 aromatic carbocycles. The van der Waals surface area contributed by atoms with E-state index in [1.165, 1.54) is 4.90 Å². The van der Waals surface area contributed by atoms with Gasteiger partial charge in [-0.2, -0.15) is 5.11 Å². The van der Waals surface area contributed by atoms with Gasteiger partial charge in [0, 0.05) is 25.3 Å². The molecule has 0 radical (unpaired) electrons. The van der Waals surface area contributed by atoms with Gasteiger partial charge in [-0.3, -0.25) is 14.5 Å². The SMILES string of the molecule is CCN(CCCCN1C(=O)c2ccccc2C1=O)c1ccc(N=N)c(C)c1. The minimum absolute atomic E-state index is 0.187. The Labute approximate surface area is 159 Å². The van der Waals surface area contributed by atoms with Crippen LogP contribution in [0, 0.1) is 12.5 Å². The maximum Gasteiger partial charge on any atom is 0.261 e. The molecule has 0 spiro atoms. The van der Waals surface area contributed by atoms with Crippen LogP contribution in [0.4, 0.5) is 11.4 Å². The van der Waals surface area contributed by atoms with E-state index < -0.39 is 0 Å². The van der Waals surface area contributed by atoms with Gasteiger partial charge >= 0.3 is 0 Å². The topological polar surface area (TPSA) is 76.8 Å². The van der Waals surface area contributed by atoms with E-state index >= 15 is 0 Å². The molecule has 27 heavy (non-hydrogen) atoms. The number of hydrogen-bond acceptors (Lipinski definition) is 5. The molecule has 3 rings (SSSR count). The molecule has 6 nitrogen and oxygen atoms in total. The second-order valence-electron chi connectivity index (χ2n) is 6.68. The van der Waals surface area contributed by atoms with Crippen molar-refractivity contribution in [2.45, 2.75) is 26.7 Å².